The van der Waals surface area contributed by atoms with Crippen LogP contribution in [0.5, 0.6) is 5.75 Å². The Labute approximate surface area is 158 Å². The molecule has 0 saturated heterocycles. The highest BCUT2D eigenvalue weighted by Crippen LogP contribution is 2.16. The molecule has 3 rings (SSSR count). The van der Waals surface area contributed by atoms with Crippen LogP contribution in [0.4, 0.5) is 4.39 Å². The van der Waals surface area contributed by atoms with Crippen LogP contribution in [0.2, 0.25) is 0 Å². The van der Waals surface area contributed by atoms with Gasteiger partial charge in [0, 0.05) is 31.0 Å². The van der Waals surface area contributed by atoms with Gasteiger partial charge in [-0.2, -0.15) is 0 Å². The normalized spacial score (nSPS) is 10.4. The van der Waals surface area contributed by atoms with Crippen LogP contribution < -0.4 is 4.74 Å². The number of ether oxygens (including phenoxy) is 1. The van der Waals surface area contributed by atoms with Gasteiger partial charge in [0.25, 0.3) is 5.91 Å². The summed E-state index contributed by atoms with van der Waals surface area (Å²) >= 11 is 0. The molecule has 4 nitrogen and oxygen atoms in total. The molecule has 0 saturated carbocycles. The Morgan fingerprint density at radius 1 is 1.07 bits per heavy atom. The average molecular weight is 364 g/mol. The first kappa shape index (κ1) is 18.6. The molecule has 0 N–H and O–H groups in total. The number of halogens is 1. The number of carbonyl (C=O) groups excluding carboxylic acids is 1. The first-order chi connectivity index (χ1) is 13.2. The van der Waals surface area contributed by atoms with Crippen molar-refractivity contribution in [1.29, 1.82) is 0 Å². The second kappa shape index (κ2) is 8.94. The molecule has 0 spiro atoms. The molecular weight excluding hydrogens is 343 g/mol. The van der Waals surface area contributed by atoms with E-state index < -0.39 is 0 Å². The van der Waals surface area contributed by atoms with Crippen molar-refractivity contribution < 1.29 is 13.9 Å². The first-order valence-electron chi connectivity index (χ1n) is 8.73. The van der Waals surface area contributed by atoms with E-state index in [1.807, 2.05) is 12.1 Å². The standard InChI is InChI=1S/C22H21FN2O2/c1-27-20-10-8-19(9-11-20)22(26)25(16-17-5-4-13-24-15-17)14-12-18-6-2-3-7-21(18)23/h2-11,13,15H,12,14,16H2,1H3. The minimum atomic E-state index is -0.254. The monoisotopic (exact) mass is 364 g/mol. The zero-order chi connectivity index (χ0) is 19.1. The smallest absolute Gasteiger partial charge is 0.254 e. The number of hydrogen-bond acceptors (Lipinski definition) is 3. The molecule has 0 radical (unpaired) electrons. The lowest BCUT2D eigenvalue weighted by Gasteiger charge is -2.23. The Bertz CT molecular complexity index is 882. The number of hydrogen-bond donors (Lipinski definition) is 0. The van der Waals surface area contributed by atoms with E-state index >= 15 is 0 Å². The van der Waals surface area contributed by atoms with E-state index in [1.54, 1.807) is 66.9 Å². The van der Waals surface area contributed by atoms with Crippen molar-refractivity contribution in [3.8, 4) is 5.75 Å². The van der Waals surface area contributed by atoms with Crippen molar-refractivity contribution in [3.05, 3.63) is 95.6 Å². The number of aromatic nitrogens is 1. The van der Waals surface area contributed by atoms with Gasteiger partial charge in [0.15, 0.2) is 0 Å². The highest BCUT2D eigenvalue weighted by molar-refractivity contribution is 5.94. The average Bonchev–Trinajstić information content (AvgIpc) is 2.72. The fourth-order valence-electron chi connectivity index (χ4n) is 2.84. The number of methoxy groups -OCH3 is 1. The third-order valence-corrected chi connectivity index (χ3v) is 4.33. The molecule has 1 aromatic heterocycles. The second-order valence-corrected chi connectivity index (χ2v) is 6.16. The molecule has 2 aromatic carbocycles. The van der Waals surface area contributed by atoms with E-state index in [4.69, 9.17) is 4.74 Å². The molecule has 1 heterocycles. The zero-order valence-corrected chi connectivity index (χ0v) is 15.1. The topological polar surface area (TPSA) is 42.4 Å². The van der Waals surface area contributed by atoms with E-state index in [2.05, 4.69) is 4.98 Å². The third kappa shape index (κ3) is 4.91. The number of pyridine rings is 1. The number of nitrogens with zero attached hydrogens (tertiary/aromatic N) is 2. The molecule has 0 fully saturated rings. The largest absolute Gasteiger partial charge is 0.497 e. The van der Waals surface area contributed by atoms with Crippen molar-refractivity contribution in [2.24, 2.45) is 0 Å². The first-order valence-corrected chi connectivity index (χ1v) is 8.73. The van der Waals surface area contributed by atoms with Crippen molar-refractivity contribution in [2.45, 2.75) is 13.0 Å². The minimum absolute atomic E-state index is 0.113. The predicted molar refractivity (Wildman–Crippen MR) is 102 cm³/mol. The summed E-state index contributed by atoms with van der Waals surface area (Å²) in [6.07, 6.45) is 3.87. The van der Waals surface area contributed by atoms with Gasteiger partial charge in [-0.25, -0.2) is 4.39 Å². The van der Waals surface area contributed by atoms with Crippen LogP contribution in [0.25, 0.3) is 0 Å². The number of rotatable bonds is 7. The van der Waals surface area contributed by atoms with Crippen LogP contribution in [0.3, 0.4) is 0 Å². The van der Waals surface area contributed by atoms with Gasteiger partial charge in [-0.15, -0.1) is 0 Å². The van der Waals surface area contributed by atoms with Crippen LogP contribution in [0.15, 0.2) is 73.1 Å². The van der Waals surface area contributed by atoms with Crippen LogP contribution in [-0.4, -0.2) is 29.4 Å². The Balaban J connectivity index is 1.79. The lowest BCUT2D eigenvalue weighted by atomic mass is 10.1. The minimum Gasteiger partial charge on any atom is -0.497 e. The van der Waals surface area contributed by atoms with Crippen LogP contribution in [0, 0.1) is 5.82 Å². The van der Waals surface area contributed by atoms with Gasteiger partial charge in [0.1, 0.15) is 11.6 Å². The number of amides is 1. The molecule has 3 aromatic rings. The summed E-state index contributed by atoms with van der Waals surface area (Å²) in [6.45, 7) is 0.813. The highest BCUT2D eigenvalue weighted by atomic mass is 19.1. The van der Waals surface area contributed by atoms with Crippen molar-refractivity contribution in [2.75, 3.05) is 13.7 Å². The van der Waals surface area contributed by atoms with Crippen molar-refractivity contribution in [1.82, 2.24) is 9.88 Å². The second-order valence-electron chi connectivity index (χ2n) is 6.16. The summed E-state index contributed by atoms with van der Waals surface area (Å²) in [5, 5.41) is 0. The molecule has 0 aliphatic carbocycles. The van der Waals surface area contributed by atoms with Crippen molar-refractivity contribution in [3.63, 3.8) is 0 Å². The fourth-order valence-corrected chi connectivity index (χ4v) is 2.84. The summed E-state index contributed by atoms with van der Waals surface area (Å²) < 4.78 is 19.1. The summed E-state index contributed by atoms with van der Waals surface area (Å²) in [5.41, 5.74) is 2.08. The maximum absolute atomic E-state index is 13.9. The molecule has 0 unspecified atom stereocenters. The van der Waals surface area contributed by atoms with E-state index in [9.17, 15) is 9.18 Å². The molecule has 27 heavy (non-hydrogen) atoms. The van der Waals surface area contributed by atoms with Crippen LogP contribution in [0.1, 0.15) is 21.5 Å². The van der Waals surface area contributed by atoms with Gasteiger partial charge in [0.05, 0.1) is 7.11 Å². The van der Waals surface area contributed by atoms with E-state index in [0.29, 0.717) is 36.4 Å². The SMILES string of the molecule is COc1ccc(C(=O)N(CCc2ccccc2F)Cc2cccnc2)cc1. The quantitative estimate of drug-likeness (QED) is 0.633. The number of benzene rings is 2. The van der Waals surface area contributed by atoms with Gasteiger partial charge in [-0.3, -0.25) is 9.78 Å². The third-order valence-electron chi connectivity index (χ3n) is 4.33. The molecule has 0 bridgehead atoms. The molecule has 0 aliphatic heterocycles. The number of carbonyl (C=O) groups is 1. The summed E-state index contributed by atoms with van der Waals surface area (Å²) in [6, 6.07) is 17.4. The predicted octanol–water partition coefficient (Wildman–Crippen LogP) is 4.11. The van der Waals surface area contributed by atoms with Gasteiger partial charge >= 0.3 is 0 Å². The van der Waals surface area contributed by atoms with E-state index in [-0.39, 0.29) is 11.7 Å². The molecule has 1 amide bonds. The summed E-state index contributed by atoms with van der Waals surface area (Å²) in [5.74, 6) is 0.324. The molecule has 0 atom stereocenters. The zero-order valence-electron chi connectivity index (χ0n) is 15.1. The van der Waals surface area contributed by atoms with E-state index in [0.717, 1.165) is 5.56 Å². The Hall–Kier alpha value is -3.21. The lowest BCUT2D eigenvalue weighted by Crippen LogP contribution is -2.32. The molecule has 0 aliphatic rings. The van der Waals surface area contributed by atoms with Gasteiger partial charge in [-0.05, 0) is 53.9 Å². The summed E-state index contributed by atoms with van der Waals surface area (Å²) in [7, 11) is 1.58. The molecule has 138 valence electrons. The highest BCUT2D eigenvalue weighted by Gasteiger charge is 2.17. The van der Waals surface area contributed by atoms with Crippen LogP contribution in [-0.2, 0) is 13.0 Å². The van der Waals surface area contributed by atoms with Gasteiger partial charge in [0.2, 0.25) is 0 Å². The Kier molecular flexibility index (Phi) is 6.15. The lowest BCUT2D eigenvalue weighted by molar-refractivity contribution is 0.0744. The maximum Gasteiger partial charge on any atom is 0.254 e. The Morgan fingerprint density at radius 3 is 2.52 bits per heavy atom. The van der Waals surface area contributed by atoms with Gasteiger partial charge in [-0.1, -0.05) is 24.3 Å². The summed E-state index contributed by atoms with van der Waals surface area (Å²) in [4.78, 5) is 18.8. The van der Waals surface area contributed by atoms with Crippen molar-refractivity contribution >= 4 is 5.91 Å². The van der Waals surface area contributed by atoms with Gasteiger partial charge < -0.3 is 9.64 Å². The molecule has 5 heteroatoms. The van der Waals surface area contributed by atoms with Crippen LogP contribution >= 0.6 is 0 Å². The molecular formula is C22H21FN2O2. The fraction of sp³-hybridized carbons (Fsp3) is 0.182. The maximum atomic E-state index is 13.9. The Morgan fingerprint density at radius 2 is 1.85 bits per heavy atom. The van der Waals surface area contributed by atoms with E-state index in [1.165, 1.54) is 6.07 Å².